The van der Waals surface area contributed by atoms with Crippen molar-refractivity contribution >= 4 is 95.6 Å². The summed E-state index contributed by atoms with van der Waals surface area (Å²) in [6, 6.07) is 54.5. The molecule has 0 heterocycles. The fourth-order valence-electron chi connectivity index (χ4n) is 11.3. The molecule has 20 nitrogen and oxygen atoms in total. The van der Waals surface area contributed by atoms with Crippen LogP contribution in [0.5, 0.6) is 0 Å². The zero-order valence-electron chi connectivity index (χ0n) is 53.4. The number of carbonyl (C=O) groups is 6. The third kappa shape index (κ3) is 19.7. The van der Waals surface area contributed by atoms with Gasteiger partial charge in [-0.25, -0.2) is 26.4 Å². The lowest BCUT2D eigenvalue weighted by molar-refractivity contribution is -0.137. The Morgan fingerprint density at radius 2 is 1.04 bits per heavy atom. The minimum Gasteiger partial charge on any atom is -0.481 e. The second kappa shape index (κ2) is 33.0. The number of urea groups is 2. The van der Waals surface area contributed by atoms with E-state index in [1.54, 1.807) is 114 Å². The molecule has 1 fully saturated rings. The summed E-state index contributed by atoms with van der Waals surface area (Å²) in [5.41, 5.74) is 10.1. The molecule has 8 N–H and O–H groups in total. The normalized spacial score (nSPS) is 13.1. The van der Waals surface area contributed by atoms with E-state index in [0.29, 0.717) is 45.5 Å². The number of carboxylic acid groups (broad SMARTS) is 2. The molecule has 0 radical (unpaired) electrons. The molecule has 0 bridgehead atoms. The average molecular weight is 1340 g/mol. The summed E-state index contributed by atoms with van der Waals surface area (Å²) in [5.74, 6) is -2.30. The van der Waals surface area contributed by atoms with Gasteiger partial charge in [0.15, 0.2) is 0 Å². The van der Waals surface area contributed by atoms with Crippen molar-refractivity contribution < 1.29 is 55.8 Å². The number of rotatable bonds is 24. The number of anilines is 6. The molecule has 96 heavy (non-hydrogen) atoms. The van der Waals surface area contributed by atoms with E-state index < -0.39 is 55.9 Å². The molecule has 0 aliphatic heterocycles. The number of sulfonamides is 2. The highest BCUT2D eigenvalue weighted by Gasteiger charge is 2.26. The Bertz CT molecular complexity index is 4330. The van der Waals surface area contributed by atoms with Gasteiger partial charge in [-0.1, -0.05) is 122 Å². The summed E-state index contributed by atoms with van der Waals surface area (Å²) in [7, 11) is -7.99. The largest absolute Gasteiger partial charge is 0.481 e. The molecule has 2 aliphatic carbocycles. The van der Waals surface area contributed by atoms with Gasteiger partial charge in [0.2, 0.25) is 0 Å². The van der Waals surface area contributed by atoms with Crippen LogP contribution < -0.4 is 40.5 Å². The lowest BCUT2D eigenvalue weighted by Crippen LogP contribution is -2.35. The minimum atomic E-state index is -4.05. The topological polar surface area (TPSA) is 290 Å². The maximum Gasteiger partial charge on any atom is 0.326 e. The van der Waals surface area contributed by atoms with E-state index in [4.69, 9.17) is 10.2 Å². The van der Waals surface area contributed by atoms with Crippen LogP contribution >= 0.6 is 0 Å². The molecule has 0 aromatic heterocycles. The first-order chi connectivity index (χ1) is 46.2. The molecule has 0 spiro atoms. The second-order valence-corrected chi connectivity index (χ2v) is 26.9. The molecule has 6 amide bonds. The van der Waals surface area contributed by atoms with Gasteiger partial charge in [-0.3, -0.25) is 38.4 Å². The maximum absolute atomic E-state index is 14.0. The van der Waals surface area contributed by atoms with E-state index in [2.05, 4.69) is 48.9 Å². The van der Waals surface area contributed by atoms with Crippen LogP contribution in [0.2, 0.25) is 0 Å². The van der Waals surface area contributed by atoms with Crippen LogP contribution in [0.1, 0.15) is 131 Å². The predicted molar refractivity (Wildman–Crippen MR) is 374 cm³/mol. The lowest BCUT2D eigenvalue weighted by Gasteiger charge is -2.26. The fourth-order valence-corrected chi connectivity index (χ4v) is 13.7. The van der Waals surface area contributed by atoms with Gasteiger partial charge in [0.1, 0.15) is 4.90 Å². The summed E-state index contributed by atoms with van der Waals surface area (Å²) < 4.78 is 58.6. The number of hydrogen-bond donors (Lipinski definition) is 8. The summed E-state index contributed by atoms with van der Waals surface area (Å²) in [6.07, 6.45) is 12.2. The van der Waals surface area contributed by atoms with Crippen molar-refractivity contribution in [2.45, 2.75) is 113 Å². The molecular formula is C74H78N8O12S2. The van der Waals surface area contributed by atoms with E-state index in [1.807, 2.05) is 68.4 Å². The third-order valence-corrected chi connectivity index (χ3v) is 19.3. The first kappa shape index (κ1) is 69.8. The van der Waals surface area contributed by atoms with Crippen LogP contribution in [0.4, 0.5) is 43.7 Å². The van der Waals surface area contributed by atoms with Crippen molar-refractivity contribution in [1.29, 1.82) is 0 Å². The van der Waals surface area contributed by atoms with E-state index in [-0.39, 0.29) is 54.5 Å². The Hall–Kier alpha value is -10.6. The number of nitrogens with one attached hydrogen (secondary N) is 6. The number of aliphatic carboxylic acids is 2. The van der Waals surface area contributed by atoms with E-state index in [9.17, 15) is 45.6 Å². The minimum absolute atomic E-state index is 0.00238. The Morgan fingerprint density at radius 1 is 0.500 bits per heavy atom. The van der Waals surface area contributed by atoms with Gasteiger partial charge < -0.3 is 31.5 Å². The standard InChI is InChI=1S/C37H40N4O6S.C37H38N4O6S/c1-26-8-7-11-31(24-26)40-48(46,47)34-13-6-5-12-33(34)39-37(45)41(32-20-18-29(19-21-32)28-9-3-2-4-10-28)25-27-14-16-30(17-15-27)36(44)38-23-22-35(42)43;1-26-8-5-6-13-34(26)40-48(46,47)33-12-7-11-31(24-33)39-37(45)41(32-20-18-29(19-21-32)28-9-3-2-4-10-28)25-27-14-16-30(17-15-27)36(44)38-23-22-35(42)43/h5-8,11-21,24,28,40H,2-4,9-10,22-23,25H2,1H3,(H,38,44)(H,39,45)(H,42,43);5-9,11-21,24,40H,2-4,10,22-23,25H2,1H3,(H,38,44)(H,39,45)(H,42,43). The van der Waals surface area contributed by atoms with E-state index in [1.165, 1.54) is 59.9 Å². The highest BCUT2D eigenvalue weighted by molar-refractivity contribution is 7.93. The molecule has 2 aliphatic rings. The van der Waals surface area contributed by atoms with E-state index >= 15 is 0 Å². The van der Waals surface area contributed by atoms with Crippen LogP contribution in [0, 0.1) is 13.8 Å². The van der Waals surface area contributed by atoms with Crippen LogP contribution in [-0.2, 0) is 42.7 Å². The quantitative estimate of drug-likeness (QED) is 0.0280. The number of carbonyl (C=O) groups excluding carboxylic acids is 4. The number of aryl methyl sites for hydroxylation is 2. The monoisotopic (exact) mass is 1330 g/mol. The Morgan fingerprint density at radius 3 is 1.60 bits per heavy atom. The molecule has 8 aromatic carbocycles. The van der Waals surface area contributed by atoms with Crippen molar-refractivity contribution in [2.75, 3.05) is 43.0 Å². The average Bonchev–Trinajstić information content (AvgIpc) is 2.04. The molecule has 1 saturated carbocycles. The Balaban J connectivity index is 0.000000225. The number of hydrogen-bond acceptors (Lipinski definition) is 10. The fraction of sp³-hybridized carbons (Fsp3) is 0.243. The Labute approximate surface area is 560 Å². The van der Waals surface area contributed by atoms with Crippen molar-refractivity contribution in [3.05, 3.63) is 245 Å². The molecule has 22 heteroatoms. The van der Waals surface area contributed by atoms with Gasteiger partial charge in [0.05, 0.1) is 42.2 Å². The highest BCUT2D eigenvalue weighted by Crippen LogP contribution is 2.35. The van der Waals surface area contributed by atoms with Crippen LogP contribution in [0.15, 0.2) is 210 Å². The molecule has 0 saturated heterocycles. The Kier molecular flexibility index (Phi) is 24.0. The van der Waals surface area contributed by atoms with Gasteiger partial charge >= 0.3 is 24.0 Å². The van der Waals surface area contributed by atoms with Crippen molar-refractivity contribution in [1.82, 2.24) is 10.6 Å². The zero-order chi connectivity index (χ0) is 68.2. The smallest absolute Gasteiger partial charge is 0.326 e. The van der Waals surface area contributed by atoms with Crippen LogP contribution in [0.3, 0.4) is 0 Å². The van der Waals surface area contributed by atoms with Crippen molar-refractivity contribution in [3.8, 4) is 0 Å². The van der Waals surface area contributed by atoms with E-state index in [0.717, 1.165) is 59.9 Å². The summed E-state index contributed by atoms with van der Waals surface area (Å²) in [6.45, 7) is 3.99. The van der Waals surface area contributed by atoms with Gasteiger partial charge in [-0.05, 0) is 194 Å². The number of allylic oxidation sites excluding steroid dienone is 2. The second-order valence-electron chi connectivity index (χ2n) is 23.6. The molecule has 498 valence electrons. The maximum atomic E-state index is 14.0. The zero-order valence-corrected chi connectivity index (χ0v) is 55.1. The molecule has 10 rings (SSSR count). The first-order valence-electron chi connectivity index (χ1n) is 31.8. The number of para-hydroxylation sites is 2. The number of nitrogens with zero attached hydrogens (tertiary/aromatic N) is 2. The predicted octanol–water partition coefficient (Wildman–Crippen LogP) is 14.5. The van der Waals surface area contributed by atoms with Crippen LogP contribution in [-0.4, -0.2) is 76.0 Å². The number of amides is 6. The van der Waals surface area contributed by atoms with Gasteiger partial charge in [-0.15, -0.1) is 0 Å². The van der Waals surface area contributed by atoms with Crippen molar-refractivity contribution in [3.63, 3.8) is 0 Å². The van der Waals surface area contributed by atoms with Crippen LogP contribution in [0.25, 0.3) is 5.57 Å². The molecular weight excluding hydrogens is 1260 g/mol. The first-order valence-corrected chi connectivity index (χ1v) is 34.8. The highest BCUT2D eigenvalue weighted by atomic mass is 32.2. The number of benzene rings is 8. The lowest BCUT2D eigenvalue weighted by atomic mass is 9.84. The third-order valence-electron chi connectivity index (χ3n) is 16.4. The van der Waals surface area contributed by atoms with Gasteiger partial charge in [0.25, 0.3) is 31.9 Å². The molecule has 0 unspecified atom stereocenters. The summed E-state index contributed by atoms with van der Waals surface area (Å²) >= 11 is 0. The molecule has 0 atom stereocenters. The SMILES string of the molecule is Cc1cccc(NS(=O)(=O)c2ccccc2NC(=O)N(Cc2ccc(C(=O)NCCC(=O)O)cc2)c2ccc(C3CCCCC3)cc2)c1.Cc1ccccc1NS(=O)(=O)c1cccc(NC(=O)N(Cc2ccc(C(=O)NCCC(=O)O)cc2)c2ccc(C3=CCCCC3)cc2)c1. The number of carboxylic acids is 2. The molecule has 8 aromatic rings. The van der Waals surface area contributed by atoms with Crippen molar-refractivity contribution in [2.24, 2.45) is 0 Å². The summed E-state index contributed by atoms with van der Waals surface area (Å²) in [5, 5.41) is 28.5. The van der Waals surface area contributed by atoms with Gasteiger partial charge in [-0.2, -0.15) is 0 Å². The van der Waals surface area contributed by atoms with Gasteiger partial charge in [0, 0.05) is 47.0 Å². The summed E-state index contributed by atoms with van der Waals surface area (Å²) in [4.78, 5) is 77.4.